The van der Waals surface area contributed by atoms with Crippen LogP contribution in [0.2, 0.25) is 0 Å². The van der Waals surface area contributed by atoms with E-state index in [2.05, 4.69) is 0 Å². The van der Waals surface area contributed by atoms with Gasteiger partial charge in [-0.15, -0.1) is 0 Å². The Hall–Kier alpha value is -2.52. The average Bonchev–Trinajstić information content (AvgIpc) is 3.23. The highest BCUT2D eigenvalue weighted by Gasteiger charge is 2.47. The summed E-state index contributed by atoms with van der Waals surface area (Å²) in [6, 6.07) is 10.9. The second-order valence-electron chi connectivity index (χ2n) is 11.3. The van der Waals surface area contributed by atoms with Gasteiger partial charge in [0.05, 0.1) is 28.1 Å². The van der Waals surface area contributed by atoms with E-state index in [4.69, 9.17) is 8.92 Å². The smallest absolute Gasteiger partial charge is 0.410 e. The number of likely N-dealkylation sites (tertiary alicyclic amines) is 1. The molecule has 0 saturated carbocycles. The molecule has 1 saturated heterocycles. The van der Waals surface area contributed by atoms with E-state index in [1.54, 1.807) is 58.9 Å². The zero-order valence-corrected chi connectivity index (χ0v) is 26.6. The summed E-state index contributed by atoms with van der Waals surface area (Å²) in [5, 5.41) is 0. The van der Waals surface area contributed by atoms with Gasteiger partial charge in [-0.3, -0.25) is 4.18 Å². The van der Waals surface area contributed by atoms with E-state index in [1.807, 2.05) is 0 Å². The third kappa shape index (κ3) is 8.98. The van der Waals surface area contributed by atoms with Gasteiger partial charge in [-0.25, -0.2) is 21.6 Å². The van der Waals surface area contributed by atoms with Crippen LogP contribution in [0.4, 0.5) is 4.79 Å². The van der Waals surface area contributed by atoms with Gasteiger partial charge < -0.3 is 9.64 Å². The van der Waals surface area contributed by atoms with Gasteiger partial charge in [0, 0.05) is 19.3 Å². The Morgan fingerprint density at radius 2 is 1.39 bits per heavy atom. The molecule has 1 aliphatic heterocycles. The molecular formula is C27H38N2O9S3. The zero-order chi connectivity index (χ0) is 30.8. The Kier molecular flexibility index (Phi) is 9.96. The Morgan fingerprint density at radius 1 is 0.878 bits per heavy atom. The van der Waals surface area contributed by atoms with Crippen LogP contribution in [-0.2, 0) is 38.9 Å². The van der Waals surface area contributed by atoms with Crippen LogP contribution in [0.3, 0.4) is 0 Å². The third-order valence-electron chi connectivity index (χ3n) is 6.34. The largest absolute Gasteiger partial charge is 0.444 e. The number of carbonyl (C=O) groups is 1. The molecule has 0 N–H and O–H groups in total. The van der Waals surface area contributed by atoms with Crippen molar-refractivity contribution < 1.29 is 39.0 Å². The first-order valence-corrected chi connectivity index (χ1v) is 17.9. The standard InChI is InChI=1S/C27H38N2O9S3/c1-20-8-12-22(13-9-20)40(33,34)29(16-7-17-39(6,31)32)24-18-28(26(30)37-27(3,4)5)19-25(24)38-41(35,36)23-14-10-21(2)11-15-23/h8-15,24-25H,7,16-19H2,1-6H3/t24-,25-/m0/s1. The minimum Gasteiger partial charge on any atom is -0.444 e. The number of hydrogen-bond donors (Lipinski definition) is 0. The fourth-order valence-corrected chi connectivity index (χ4v) is 7.75. The topological polar surface area (TPSA) is 144 Å². The van der Waals surface area contributed by atoms with Crippen LogP contribution >= 0.6 is 0 Å². The molecule has 228 valence electrons. The lowest BCUT2D eigenvalue weighted by atomic mass is 10.2. The first-order valence-electron chi connectivity index (χ1n) is 13.0. The quantitative estimate of drug-likeness (QED) is 0.362. The van der Waals surface area contributed by atoms with Crippen LogP contribution in [0, 0.1) is 13.8 Å². The molecule has 0 bridgehead atoms. The highest BCUT2D eigenvalue weighted by Crippen LogP contribution is 2.30. The van der Waals surface area contributed by atoms with Crippen LogP contribution in [0.5, 0.6) is 0 Å². The third-order valence-corrected chi connectivity index (χ3v) is 10.7. The van der Waals surface area contributed by atoms with Crippen LogP contribution < -0.4 is 0 Å². The molecule has 2 atom stereocenters. The van der Waals surface area contributed by atoms with Gasteiger partial charge in [0.15, 0.2) is 0 Å². The molecule has 0 radical (unpaired) electrons. The maximum absolute atomic E-state index is 13.9. The van der Waals surface area contributed by atoms with Crippen molar-refractivity contribution in [3.63, 3.8) is 0 Å². The summed E-state index contributed by atoms with van der Waals surface area (Å²) >= 11 is 0. The number of sulfone groups is 1. The number of hydrogen-bond acceptors (Lipinski definition) is 9. The maximum atomic E-state index is 13.9. The molecule has 0 unspecified atom stereocenters. The summed E-state index contributed by atoms with van der Waals surface area (Å²) in [5.41, 5.74) is 0.804. The van der Waals surface area contributed by atoms with E-state index < -0.39 is 53.8 Å². The lowest BCUT2D eigenvalue weighted by Gasteiger charge is -2.31. The fraction of sp³-hybridized carbons (Fsp3) is 0.519. The second-order valence-corrected chi connectivity index (χ2v) is 17.0. The van der Waals surface area contributed by atoms with Crippen molar-refractivity contribution in [1.29, 1.82) is 0 Å². The van der Waals surface area contributed by atoms with Gasteiger partial charge in [-0.05, 0) is 65.3 Å². The predicted octanol–water partition coefficient (Wildman–Crippen LogP) is 3.12. The lowest BCUT2D eigenvalue weighted by molar-refractivity contribution is 0.0274. The molecule has 1 heterocycles. The molecule has 1 amide bonds. The van der Waals surface area contributed by atoms with Gasteiger partial charge in [-0.2, -0.15) is 12.7 Å². The number of benzene rings is 2. The fourth-order valence-electron chi connectivity index (χ4n) is 4.32. The molecule has 0 aromatic heterocycles. The monoisotopic (exact) mass is 630 g/mol. The molecule has 11 nitrogen and oxygen atoms in total. The summed E-state index contributed by atoms with van der Waals surface area (Å²) in [6.07, 6.45) is -1.06. The van der Waals surface area contributed by atoms with Crippen LogP contribution in [-0.4, -0.2) is 89.9 Å². The summed E-state index contributed by atoms with van der Waals surface area (Å²) in [4.78, 5) is 14.0. The van der Waals surface area contributed by atoms with E-state index in [9.17, 15) is 30.0 Å². The summed E-state index contributed by atoms with van der Waals surface area (Å²) in [6.45, 7) is 7.88. The number of rotatable bonds is 10. The van der Waals surface area contributed by atoms with E-state index in [1.165, 1.54) is 29.2 Å². The van der Waals surface area contributed by atoms with Crippen molar-refractivity contribution in [3.8, 4) is 0 Å². The number of amides is 1. The van der Waals surface area contributed by atoms with Crippen molar-refractivity contribution in [2.45, 2.75) is 68.6 Å². The second kappa shape index (κ2) is 12.4. The first kappa shape index (κ1) is 33.0. The first-order chi connectivity index (χ1) is 18.8. The molecule has 1 fully saturated rings. The lowest BCUT2D eigenvalue weighted by Crippen LogP contribution is -2.49. The molecule has 14 heteroatoms. The Morgan fingerprint density at radius 3 is 1.88 bits per heavy atom. The molecule has 41 heavy (non-hydrogen) atoms. The molecular weight excluding hydrogens is 593 g/mol. The molecule has 2 aromatic rings. The number of carbonyl (C=O) groups excluding carboxylic acids is 1. The van der Waals surface area contributed by atoms with Crippen molar-refractivity contribution in [2.24, 2.45) is 0 Å². The number of ether oxygens (including phenoxy) is 1. The maximum Gasteiger partial charge on any atom is 0.410 e. The van der Waals surface area contributed by atoms with Crippen molar-refractivity contribution in [1.82, 2.24) is 9.21 Å². The van der Waals surface area contributed by atoms with E-state index in [-0.39, 0.29) is 41.6 Å². The van der Waals surface area contributed by atoms with E-state index in [0.717, 1.165) is 21.7 Å². The average molecular weight is 631 g/mol. The Labute approximate surface area is 243 Å². The van der Waals surface area contributed by atoms with Gasteiger partial charge in [-0.1, -0.05) is 35.4 Å². The number of sulfonamides is 1. The Balaban J connectivity index is 2.06. The molecule has 1 aliphatic rings. The summed E-state index contributed by atoms with van der Waals surface area (Å²) in [5.74, 6) is -0.289. The molecule has 2 aromatic carbocycles. The van der Waals surface area contributed by atoms with Gasteiger partial charge >= 0.3 is 6.09 Å². The van der Waals surface area contributed by atoms with Crippen LogP contribution in [0.25, 0.3) is 0 Å². The normalized spacial score (nSPS) is 18.6. The Bertz CT molecular complexity index is 1550. The highest BCUT2D eigenvalue weighted by molar-refractivity contribution is 7.90. The summed E-state index contributed by atoms with van der Waals surface area (Å²) < 4.78 is 90.3. The SMILES string of the molecule is Cc1ccc(S(=O)(=O)O[C@H]2CN(C(=O)OC(C)(C)C)C[C@@H]2N(CCCS(C)(=O)=O)S(=O)(=O)c2ccc(C)cc2)cc1. The van der Waals surface area contributed by atoms with Crippen molar-refractivity contribution in [2.75, 3.05) is 31.6 Å². The molecule has 3 rings (SSSR count). The number of aryl methyl sites for hydroxylation is 2. The van der Waals surface area contributed by atoms with Gasteiger partial charge in [0.25, 0.3) is 10.1 Å². The predicted molar refractivity (Wildman–Crippen MR) is 154 cm³/mol. The van der Waals surface area contributed by atoms with Crippen LogP contribution in [0.15, 0.2) is 58.3 Å². The molecule has 0 spiro atoms. The van der Waals surface area contributed by atoms with Gasteiger partial charge in [0.2, 0.25) is 10.0 Å². The minimum atomic E-state index is -4.37. The molecule has 0 aliphatic carbocycles. The van der Waals surface area contributed by atoms with Crippen molar-refractivity contribution >= 4 is 36.1 Å². The van der Waals surface area contributed by atoms with Crippen LogP contribution in [0.1, 0.15) is 38.3 Å². The van der Waals surface area contributed by atoms with E-state index in [0.29, 0.717) is 0 Å². The number of nitrogens with zero attached hydrogens (tertiary/aromatic N) is 2. The van der Waals surface area contributed by atoms with E-state index >= 15 is 0 Å². The highest BCUT2D eigenvalue weighted by atomic mass is 32.2. The summed E-state index contributed by atoms with van der Waals surface area (Å²) in [7, 11) is -12.1. The van der Waals surface area contributed by atoms with Crippen molar-refractivity contribution in [3.05, 3.63) is 59.7 Å². The zero-order valence-electron chi connectivity index (χ0n) is 24.1. The minimum absolute atomic E-state index is 0.0513. The van der Waals surface area contributed by atoms with Gasteiger partial charge in [0.1, 0.15) is 21.5 Å².